The predicted molar refractivity (Wildman–Crippen MR) is 89.7 cm³/mol. The molecule has 2 aromatic rings. The lowest BCUT2D eigenvalue weighted by Crippen LogP contribution is -2.47. The Morgan fingerprint density at radius 2 is 1.74 bits per heavy atom. The molecule has 3 rings (SSSR count). The third-order valence-corrected chi connectivity index (χ3v) is 3.89. The number of nitrogens with zero attached hydrogens (tertiary/aromatic N) is 6. The SMILES string of the molecule is Cc1cc(N(C)C)nc(N2CCN(c3ccc(F)cn3)CC2)n1. The highest BCUT2D eigenvalue weighted by atomic mass is 19.1. The lowest BCUT2D eigenvalue weighted by atomic mass is 10.3. The van der Waals surface area contributed by atoms with E-state index < -0.39 is 0 Å². The van der Waals surface area contributed by atoms with Gasteiger partial charge in [-0.15, -0.1) is 0 Å². The van der Waals surface area contributed by atoms with E-state index in [2.05, 4.69) is 24.8 Å². The van der Waals surface area contributed by atoms with Crippen molar-refractivity contribution in [2.45, 2.75) is 6.92 Å². The molecule has 0 saturated carbocycles. The summed E-state index contributed by atoms with van der Waals surface area (Å²) in [6.45, 7) is 5.24. The second-order valence-electron chi connectivity index (χ2n) is 5.87. The minimum atomic E-state index is -0.309. The lowest BCUT2D eigenvalue weighted by molar-refractivity contribution is 0.612. The van der Waals surface area contributed by atoms with Crippen LogP contribution in [0.3, 0.4) is 0 Å². The minimum absolute atomic E-state index is 0.309. The number of hydrogen-bond donors (Lipinski definition) is 0. The maximum absolute atomic E-state index is 13.0. The highest BCUT2D eigenvalue weighted by Gasteiger charge is 2.20. The lowest BCUT2D eigenvalue weighted by Gasteiger charge is -2.35. The number of aryl methyl sites for hydroxylation is 1. The fraction of sp³-hybridized carbons (Fsp3) is 0.438. The van der Waals surface area contributed by atoms with Gasteiger partial charge >= 0.3 is 0 Å². The van der Waals surface area contributed by atoms with Crippen LogP contribution in [0.15, 0.2) is 24.4 Å². The molecule has 0 N–H and O–H groups in total. The van der Waals surface area contributed by atoms with Crippen molar-refractivity contribution in [1.29, 1.82) is 0 Å². The van der Waals surface area contributed by atoms with Crippen LogP contribution >= 0.6 is 0 Å². The third-order valence-electron chi connectivity index (χ3n) is 3.89. The predicted octanol–water partition coefficient (Wildman–Crippen LogP) is 1.71. The van der Waals surface area contributed by atoms with Gasteiger partial charge in [-0.05, 0) is 19.1 Å². The fourth-order valence-electron chi connectivity index (χ4n) is 2.60. The zero-order valence-electron chi connectivity index (χ0n) is 13.7. The van der Waals surface area contributed by atoms with Gasteiger partial charge in [0.05, 0.1) is 6.20 Å². The first-order valence-corrected chi connectivity index (χ1v) is 7.67. The first-order chi connectivity index (χ1) is 11.0. The van der Waals surface area contributed by atoms with Gasteiger partial charge in [-0.3, -0.25) is 0 Å². The van der Waals surface area contributed by atoms with E-state index in [9.17, 15) is 4.39 Å². The van der Waals surface area contributed by atoms with Gasteiger partial charge in [-0.1, -0.05) is 0 Å². The maximum Gasteiger partial charge on any atom is 0.227 e. The van der Waals surface area contributed by atoms with Crippen molar-refractivity contribution >= 4 is 17.6 Å². The molecule has 6 nitrogen and oxygen atoms in total. The zero-order valence-corrected chi connectivity index (χ0v) is 13.7. The van der Waals surface area contributed by atoms with E-state index >= 15 is 0 Å². The summed E-state index contributed by atoms with van der Waals surface area (Å²) in [5, 5.41) is 0. The van der Waals surface area contributed by atoms with Crippen LogP contribution in [0, 0.1) is 12.7 Å². The molecule has 1 aliphatic rings. The van der Waals surface area contributed by atoms with Crippen LogP contribution in [0.4, 0.5) is 22.0 Å². The summed E-state index contributed by atoms with van der Waals surface area (Å²) in [6, 6.07) is 5.14. The molecule has 0 bridgehead atoms. The summed E-state index contributed by atoms with van der Waals surface area (Å²) in [7, 11) is 3.95. The molecule has 7 heteroatoms. The van der Waals surface area contributed by atoms with E-state index in [0.717, 1.165) is 49.5 Å². The third kappa shape index (κ3) is 3.49. The number of anilines is 3. The Hall–Kier alpha value is -2.44. The quantitative estimate of drug-likeness (QED) is 0.859. The molecule has 0 aliphatic carbocycles. The molecule has 1 fully saturated rings. The smallest absolute Gasteiger partial charge is 0.227 e. The molecule has 0 radical (unpaired) electrons. The summed E-state index contributed by atoms with van der Waals surface area (Å²) < 4.78 is 13.0. The van der Waals surface area contributed by atoms with Crippen molar-refractivity contribution in [3.05, 3.63) is 35.9 Å². The Bertz CT molecular complexity index is 665. The first-order valence-electron chi connectivity index (χ1n) is 7.67. The summed E-state index contributed by atoms with van der Waals surface area (Å²) in [6.07, 6.45) is 1.26. The number of piperazine rings is 1. The van der Waals surface area contributed by atoms with Crippen molar-refractivity contribution in [2.75, 3.05) is 55.0 Å². The van der Waals surface area contributed by atoms with Crippen molar-refractivity contribution in [3.8, 4) is 0 Å². The normalized spacial score (nSPS) is 15.0. The van der Waals surface area contributed by atoms with Gasteiger partial charge in [-0.25, -0.2) is 14.4 Å². The molecular weight excluding hydrogens is 295 g/mol. The summed E-state index contributed by atoms with van der Waals surface area (Å²) in [4.78, 5) is 19.6. The van der Waals surface area contributed by atoms with Crippen molar-refractivity contribution < 1.29 is 4.39 Å². The van der Waals surface area contributed by atoms with Gasteiger partial charge in [0.2, 0.25) is 5.95 Å². The number of hydrogen-bond acceptors (Lipinski definition) is 6. The second-order valence-corrected chi connectivity index (χ2v) is 5.87. The number of halogens is 1. The standard InChI is InChI=1S/C16H21FN6/c1-12-10-15(21(2)3)20-16(19-12)23-8-6-22(7-9-23)14-5-4-13(17)11-18-14/h4-5,10-11H,6-9H2,1-3H3. The molecule has 0 amide bonds. The average molecular weight is 316 g/mol. The fourth-order valence-corrected chi connectivity index (χ4v) is 2.60. The summed E-state index contributed by atoms with van der Waals surface area (Å²) >= 11 is 0. The van der Waals surface area contributed by atoms with Gasteiger partial charge in [-0.2, -0.15) is 4.98 Å². The summed E-state index contributed by atoms with van der Waals surface area (Å²) in [5.41, 5.74) is 0.960. The molecule has 1 saturated heterocycles. The largest absolute Gasteiger partial charge is 0.363 e. The van der Waals surface area contributed by atoms with Gasteiger partial charge in [0, 0.05) is 52.0 Å². The van der Waals surface area contributed by atoms with Gasteiger partial charge < -0.3 is 14.7 Å². The van der Waals surface area contributed by atoms with E-state index in [-0.39, 0.29) is 5.82 Å². The van der Waals surface area contributed by atoms with Crippen LogP contribution in [0.25, 0.3) is 0 Å². The van der Waals surface area contributed by atoms with E-state index in [1.165, 1.54) is 12.3 Å². The first kappa shape index (κ1) is 15.5. The minimum Gasteiger partial charge on any atom is -0.363 e. The van der Waals surface area contributed by atoms with Crippen molar-refractivity contribution in [3.63, 3.8) is 0 Å². The second kappa shape index (κ2) is 6.36. The molecule has 0 aromatic carbocycles. The van der Waals surface area contributed by atoms with Crippen LogP contribution in [0.2, 0.25) is 0 Å². The highest BCUT2D eigenvalue weighted by Crippen LogP contribution is 2.19. The Kier molecular flexibility index (Phi) is 4.27. The Labute approximate surface area is 135 Å². The van der Waals surface area contributed by atoms with Crippen LogP contribution in [-0.2, 0) is 0 Å². The monoisotopic (exact) mass is 316 g/mol. The molecule has 23 heavy (non-hydrogen) atoms. The van der Waals surface area contributed by atoms with Gasteiger partial charge in [0.15, 0.2) is 0 Å². The number of pyridine rings is 1. The molecule has 0 unspecified atom stereocenters. The molecule has 1 aliphatic heterocycles. The topological polar surface area (TPSA) is 48.4 Å². The number of aromatic nitrogens is 3. The Morgan fingerprint density at radius 3 is 2.35 bits per heavy atom. The van der Waals surface area contributed by atoms with E-state index in [1.54, 1.807) is 6.07 Å². The van der Waals surface area contributed by atoms with Crippen LogP contribution < -0.4 is 14.7 Å². The van der Waals surface area contributed by atoms with E-state index in [0.29, 0.717) is 0 Å². The van der Waals surface area contributed by atoms with E-state index in [4.69, 9.17) is 0 Å². The summed E-state index contributed by atoms with van der Waals surface area (Å²) in [5.74, 6) is 2.18. The van der Waals surface area contributed by atoms with Crippen LogP contribution in [-0.4, -0.2) is 55.2 Å². The molecule has 2 aromatic heterocycles. The van der Waals surface area contributed by atoms with Crippen LogP contribution in [0.1, 0.15) is 5.69 Å². The molecule has 3 heterocycles. The number of rotatable bonds is 3. The molecular formula is C16H21FN6. The zero-order chi connectivity index (χ0) is 16.4. The Morgan fingerprint density at radius 1 is 1.04 bits per heavy atom. The Balaban J connectivity index is 1.70. The van der Waals surface area contributed by atoms with Crippen molar-refractivity contribution in [1.82, 2.24) is 15.0 Å². The maximum atomic E-state index is 13.0. The molecule has 122 valence electrons. The van der Waals surface area contributed by atoms with Gasteiger partial charge in [0.25, 0.3) is 0 Å². The van der Waals surface area contributed by atoms with Crippen LogP contribution in [0.5, 0.6) is 0 Å². The average Bonchev–Trinajstić information content (AvgIpc) is 2.55. The molecule has 0 spiro atoms. The van der Waals surface area contributed by atoms with E-state index in [1.807, 2.05) is 32.0 Å². The highest BCUT2D eigenvalue weighted by molar-refractivity contribution is 5.47. The van der Waals surface area contributed by atoms with Gasteiger partial charge in [0.1, 0.15) is 17.5 Å². The van der Waals surface area contributed by atoms with Crippen molar-refractivity contribution in [2.24, 2.45) is 0 Å². The molecule has 0 atom stereocenters.